The number of hydrogen-bond donors (Lipinski definition) is 1. The van der Waals surface area contributed by atoms with Crippen LogP contribution >= 0.6 is 23.8 Å². The average molecular weight is 522 g/mol. The van der Waals surface area contributed by atoms with Gasteiger partial charge >= 0.3 is 0 Å². The van der Waals surface area contributed by atoms with Crippen molar-refractivity contribution in [2.24, 2.45) is 5.10 Å². The van der Waals surface area contributed by atoms with E-state index in [9.17, 15) is 4.79 Å². The molecule has 1 heterocycles. The molecule has 0 unspecified atom stereocenters. The molecule has 184 valence electrons. The second-order valence-electron chi connectivity index (χ2n) is 7.65. The Kier molecular flexibility index (Phi) is 8.48. The van der Waals surface area contributed by atoms with Crippen LogP contribution in [-0.4, -0.2) is 33.6 Å². The van der Waals surface area contributed by atoms with Crippen LogP contribution in [0, 0.1) is 4.77 Å². The summed E-state index contributed by atoms with van der Waals surface area (Å²) >= 11 is 11.6. The molecule has 0 saturated heterocycles. The molecule has 4 rings (SSSR count). The average Bonchev–Trinajstić information content (AvgIpc) is 3.23. The van der Waals surface area contributed by atoms with Gasteiger partial charge in [-0.15, -0.1) is 0 Å². The minimum absolute atomic E-state index is 0.150. The van der Waals surface area contributed by atoms with Crippen molar-refractivity contribution >= 4 is 35.9 Å². The van der Waals surface area contributed by atoms with Crippen LogP contribution in [0.1, 0.15) is 17.8 Å². The smallest absolute Gasteiger partial charge is 0.241 e. The predicted molar refractivity (Wildman–Crippen MR) is 142 cm³/mol. The third kappa shape index (κ3) is 6.59. The topological polar surface area (TPSA) is 82.7 Å². The van der Waals surface area contributed by atoms with Gasteiger partial charge in [-0.25, -0.2) is 10.1 Å². The van der Waals surface area contributed by atoms with Crippen molar-refractivity contribution in [2.45, 2.75) is 19.6 Å². The van der Waals surface area contributed by atoms with Crippen LogP contribution in [-0.2, 0) is 17.9 Å². The van der Waals surface area contributed by atoms with Gasteiger partial charge in [-0.2, -0.15) is 10.2 Å². The quantitative estimate of drug-likeness (QED) is 0.176. The summed E-state index contributed by atoms with van der Waals surface area (Å²) < 4.78 is 15.0. The first-order valence-corrected chi connectivity index (χ1v) is 11.9. The molecule has 0 aliphatic heterocycles. The number of carbonyl (C=O) groups is 1. The summed E-state index contributed by atoms with van der Waals surface area (Å²) in [5.41, 5.74) is 4.23. The molecule has 0 saturated carbocycles. The highest BCUT2D eigenvalue weighted by Crippen LogP contribution is 2.19. The van der Waals surface area contributed by atoms with Crippen LogP contribution < -0.4 is 14.9 Å². The van der Waals surface area contributed by atoms with Crippen molar-refractivity contribution < 1.29 is 14.3 Å². The highest BCUT2D eigenvalue weighted by molar-refractivity contribution is 7.71. The van der Waals surface area contributed by atoms with E-state index in [2.05, 4.69) is 15.6 Å². The zero-order valence-corrected chi connectivity index (χ0v) is 21.1. The summed E-state index contributed by atoms with van der Waals surface area (Å²) in [5, 5.41) is 9.27. The lowest BCUT2D eigenvalue weighted by Crippen LogP contribution is -2.19. The maximum Gasteiger partial charge on any atom is 0.241 e. The maximum atomic E-state index is 12.4. The maximum absolute atomic E-state index is 12.4. The van der Waals surface area contributed by atoms with Crippen LogP contribution in [0.2, 0.25) is 5.02 Å². The molecule has 0 fully saturated rings. The Morgan fingerprint density at radius 3 is 2.44 bits per heavy atom. The summed E-state index contributed by atoms with van der Waals surface area (Å²) in [7, 11) is 1.61. The van der Waals surface area contributed by atoms with E-state index >= 15 is 0 Å². The fourth-order valence-corrected chi connectivity index (χ4v) is 3.81. The molecule has 0 aliphatic rings. The zero-order valence-electron chi connectivity index (χ0n) is 19.5. The number of amides is 1. The predicted octanol–water partition coefficient (Wildman–Crippen LogP) is 5.18. The highest BCUT2D eigenvalue weighted by Gasteiger charge is 2.14. The Morgan fingerprint density at radius 1 is 1.06 bits per heavy atom. The third-order valence-corrected chi connectivity index (χ3v) is 5.82. The van der Waals surface area contributed by atoms with E-state index in [1.165, 1.54) is 0 Å². The lowest BCUT2D eigenvalue weighted by Gasteiger charge is -2.08. The molecular weight excluding hydrogens is 498 g/mol. The Balaban J connectivity index is 1.43. The van der Waals surface area contributed by atoms with Crippen LogP contribution in [0.25, 0.3) is 5.69 Å². The molecule has 0 aliphatic carbocycles. The largest absolute Gasteiger partial charge is 0.497 e. The molecule has 8 nitrogen and oxygen atoms in total. The molecule has 10 heteroatoms. The van der Waals surface area contributed by atoms with Gasteiger partial charge in [0, 0.05) is 17.1 Å². The number of nitrogens with one attached hydrogen (secondary N) is 1. The molecule has 0 atom stereocenters. The number of para-hydroxylation sites is 1. The van der Waals surface area contributed by atoms with Crippen molar-refractivity contribution in [1.82, 2.24) is 19.8 Å². The Bertz CT molecular complexity index is 1380. The highest BCUT2D eigenvalue weighted by atomic mass is 35.5. The molecule has 0 bridgehead atoms. The van der Waals surface area contributed by atoms with Gasteiger partial charge in [0.15, 0.2) is 5.82 Å². The summed E-state index contributed by atoms with van der Waals surface area (Å²) in [5.74, 6) is 1.77. The second kappa shape index (κ2) is 12.1. The number of nitrogens with zero attached hydrogens (tertiary/aromatic N) is 4. The number of carbonyl (C=O) groups excluding carboxylic acids is 1. The lowest BCUT2D eigenvalue weighted by atomic mass is 10.2. The number of methoxy groups -OCH3 is 1. The van der Waals surface area contributed by atoms with Crippen LogP contribution in [0.3, 0.4) is 0 Å². The van der Waals surface area contributed by atoms with Crippen LogP contribution in [0.4, 0.5) is 0 Å². The van der Waals surface area contributed by atoms with Crippen LogP contribution in [0.5, 0.6) is 11.5 Å². The molecule has 1 aromatic heterocycles. The Hall–Kier alpha value is -3.95. The van der Waals surface area contributed by atoms with E-state index < -0.39 is 0 Å². The van der Waals surface area contributed by atoms with Gasteiger partial charge in [-0.05, 0) is 78.4 Å². The molecule has 1 N–H and O–H groups in total. The summed E-state index contributed by atoms with van der Waals surface area (Å²) in [4.78, 5) is 12.4. The monoisotopic (exact) mass is 521 g/mol. The summed E-state index contributed by atoms with van der Waals surface area (Å²) in [6, 6.07) is 24.1. The SMILES string of the molecule is COc1ccc(/C=N/NC(=O)CCn2nc(COc3ccc(Cl)cc3)n(-c3ccccc3)c2=S)cc1. The molecule has 3 aromatic carbocycles. The number of hydrogen-bond acceptors (Lipinski definition) is 6. The van der Waals surface area contributed by atoms with Crippen molar-refractivity contribution in [1.29, 1.82) is 0 Å². The number of benzene rings is 3. The fraction of sp³-hybridized carbons (Fsp3) is 0.154. The third-order valence-electron chi connectivity index (χ3n) is 5.17. The van der Waals surface area contributed by atoms with Gasteiger partial charge in [-0.1, -0.05) is 29.8 Å². The minimum atomic E-state index is -0.255. The molecule has 0 spiro atoms. The molecule has 36 heavy (non-hydrogen) atoms. The number of aryl methyl sites for hydroxylation is 1. The fourth-order valence-electron chi connectivity index (χ4n) is 3.34. The summed E-state index contributed by atoms with van der Waals surface area (Å²) in [6.45, 7) is 0.474. The van der Waals surface area contributed by atoms with E-state index in [1.54, 1.807) is 42.3 Å². The first-order chi connectivity index (χ1) is 17.5. The second-order valence-corrected chi connectivity index (χ2v) is 8.45. The zero-order chi connectivity index (χ0) is 25.3. The lowest BCUT2D eigenvalue weighted by molar-refractivity contribution is -0.121. The normalized spacial score (nSPS) is 10.9. The molecule has 0 radical (unpaired) electrons. The number of rotatable bonds is 10. The number of halogens is 1. The summed E-state index contributed by atoms with van der Waals surface area (Å²) in [6.07, 6.45) is 1.72. The molecular formula is C26H24ClN5O3S. The Morgan fingerprint density at radius 2 is 1.75 bits per heavy atom. The van der Waals surface area contributed by atoms with E-state index in [4.69, 9.17) is 33.3 Å². The van der Waals surface area contributed by atoms with E-state index in [-0.39, 0.29) is 25.5 Å². The van der Waals surface area contributed by atoms with Gasteiger partial charge < -0.3 is 9.47 Å². The van der Waals surface area contributed by atoms with Crippen molar-refractivity contribution in [3.05, 3.63) is 100 Å². The van der Waals surface area contributed by atoms with E-state index in [1.807, 2.05) is 59.2 Å². The first kappa shape index (κ1) is 25.2. The van der Waals surface area contributed by atoms with Gasteiger partial charge in [-0.3, -0.25) is 9.36 Å². The van der Waals surface area contributed by atoms with Gasteiger partial charge in [0.2, 0.25) is 10.7 Å². The van der Waals surface area contributed by atoms with Gasteiger partial charge in [0.1, 0.15) is 18.1 Å². The minimum Gasteiger partial charge on any atom is -0.497 e. The molecule has 4 aromatic rings. The standard InChI is InChI=1S/C26H24ClN5O3S/c1-34-22-11-7-19(8-12-22)17-28-29-25(33)15-16-31-26(36)32(21-5-3-2-4-6-21)24(30-31)18-35-23-13-9-20(27)10-14-23/h2-14,17H,15-16,18H2,1H3,(H,29,33)/b28-17+. The van der Waals surface area contributed by atoms with E-state index in [0.717, 1.165) is 17.0 Å². The Labute approximate surface area is 218 Å². The number of hydrazone groups is 1. The van der Waals surface area contributed by atoms with Crippen molar-refractivity contribution in [3.8, 4) is 17.2 Å². The van der Waals surface area contributed by atoms with Crippen molar-refractivity contribution in [2.75, 3.05) is 7.11 Å². The van der Waals surface area contributed by atoms with Gasteiger partial charge in [0.05, 0.1) is 19.9 Å². The van der Waals surface area contributed by atoms with E-state index in [0.29, 0.717) is 21.4 Å². The first-order valence-electron chi connectivity index (χ1n) is 11.1. The number of aromatic nitrogens is 3. The number of ether oxygens (including phenoxy) is 2. The van der Waals surface area contributed by atoms with Gasteiger partial charge in [0.25, 0.3) is 0 Å². The van der Waals surface area contributed by atoms with Crippen molar-refractivity contribution in [3.63, 3.8) is 0 Å². The molecule has 1 amide bonds. The van der Waals surface area contributed by atoms with Crippen LogP contribution in [0.15, 0.2) is 84.0 Å².